The summed E-state index contributed by atoms with van der Waals surface area (Å²) in [5.41, 5.74) is 6.13. The molecular weight excluding hydrogens is 584 g/mol. The number of rotatable bonds is 12. The van der Waals surface area contributed by atoms with Gasteiger partial charge in [0, 0.05) is 0 Å². The summed E-state index contributed by atoms with van der Waals surface area (Å²) in [6, 6.07) is 0. The smallest absolute Gasteiger partial charge is 0.387 e. The van der Waals surface area contributed by atoms with Crippen molar-refractivity contribution in [3.05, 3.63) is 12.7 Å². The van der Waals surface area contributed by atoms with Crippen molar-refractivity contribution in [3.8, 4) is 0 Å². The molecule has 2 aliphatic rings. The van der Waals surface area contributed by atoms with Gasteiger partial charge in [0.15, 0.2) is 24.0 Å². The monoisotopic (exact) mass is 615 g/mol. The van der Waals surface area contributed by atoms with Gasteiger partial charge in [-0.2, -0.15) is 4.31 Å². The summed E-state index contributed by atoms with van der Waals surface area (Å²) in [5, 5.41) is 41.0. The molecule has 40 heavy (non-hydrogen) atoms. The number of nitrogens with two attached hydrogens (primary N) is 1. The number of aliphatic hydroxyl groups excluding tert-OH is 4. The Bertz CT molecular complexity index is 1270. The third kappa shape index (κ3) is 6.86. The fourth-order valence-electron chi connectivity index (χ4n) is 3.96. The maximum Gasteiger partial charge on any atom is 0.481 e. The minimum Gasteiger partial charge on any atom is -0.387 e. The molecule has 0 radical (unpaired) electrons. The van der Waals surface area contributed by atoms with Crippen LogP contribution in [0.2, 0.25) is 0 Å². The van der Waals surface area contributed by atoms with Crippen LogP contribution in [-0.4, -0.2) is 112 Å². The summed E-state index contributed by atoms with van der Waals surface area (Å²) >= 11 is 0. The van der Waals surface area contributed by atoms with Crippen LogP contribution >= 0.6 is 15.6 Å². The molecule has 0 bridgehead atoms. The van der Waals surface area contributed by atoms with Gasteiger partial charge in [0.1, 0.15) is 48.5 Å². The lowest BCUT2D eigenvalue weighted by Gasteiger charge is -2.21. The zero-order valence-corrected chi connectivity index (χ0v) is 23.0. The fourth-order valence-corrected chi connectivity index (χ4v) is 6.05. The molecule has 0 amide bonds. The molecule has 4 heterocycles. The van der Waals surface area contributed by atoms with E-state index in [2.05, 4.69) is 23.8 Å². The Kier molecular flexibility index (Phi) is 9.60. The Morgan fingerprint density at radius 3 is 2.20 bits per heavy atom. The van der Waals surface area contributed by atoms with Crippen molar-refractivity contribution in [1.82, 2.24) is 19.5 Å². The minimum atomic E-state index is -5.31. The number of nitrogen functional groups attached to an aromatic ring is 1. The normalized spacial score (nSPS) is 34.6. The van der Waals surface area contributed by atoms with E-state index in [0.29, 0.717) is 6.42 Å². The third-order valence-electron chi connectivity index (χ3n) is 6.27. The van der Waals surface area contributed by atoms with E-state index in [1.807, 2.05) is 6.92 Å². The van der Waals surface area contributed by atoms with Crippen LogP contribution in [0.25, 0.3) is 11.2 Å². The van der Waals surface area contributed by atoms with E-state index < -0.39 is 78.0 Å². The lowest BCUT2D eigenvalue weighted by atomic mass is 10.1. The van der Waals surface area contributed by atoms with Gasteiger partial charge in [0.05, 0.1) is 25.6 Å². The van der Waals surface area contributed by atoms with E-state index in [9.17, 15) is 39.3 Å². The van der Waals surface area contributed by atoms with Crippen molar-refractivity contribution >= 4 is 32.6 Å². The Balaban J connectivity index is 1.31. The Labute approximate surface area is 226 Å². The molecule has 2 aromatic heterocycles. The number of nitrogens with zero attached hydrogens (tertiary/aromatic N) is 4. The second-order valence-corrected chi connectivity index (χ2v) is 12.2. The largest absolute Gasteiger partial charge is 0.481 e. The van der Waals surface area contributed by atoms with Gasteiger partial charge in [-0.25, -0.2) is 24.1 Å². The molecule has 11 atom stereocenters. The zero-order valence-electron chi connectivity index (χ0n) is 21.2. The molecule has 0 spiro atoms. The fraction of sp³-hybridized carbons (Fsp3) is 0.737. The lowest BCUT2D eigenvalue weighted by molar-refractivity contribution is -0.190. The molecule has 21 heteroatoms. The molecule has 0 aliphatic carbocycles. The van der Waals surface area contributed by atoms with E-state index in [1.165, 1.54) is 10.9 Å². The quantitative estimate of drug-likeness (QED) is 0.134. The van der Waals surface area contributed by atoms with Gasteiger partial charge in [-0.15, -0.1) is 0 Å². The first-order valence-corrected chi connectivity index (χ1v) is 15.0. The Hall–Kier alpha value is -1.67. The maximum atomic E-state index is 12.3. The second kappa shape index (κ2) is 12.3. The SMILES string of the molecule is CCC(C)O[C@@H]1O[C@H](COP(=O)(O)OP(=O)(O)OC[C@H]2O[C@@H](n3cnc4c(N)ncnc43)[C@H](O)[C@@H]2O)[C@@H](O)[C@H]1O. The summed E-state index contributed by atoms with van der Waals surface area (Å²) in [6.45, 7) is 1.85. The van der Waals surface area contributed by atoms with E-state index in [0.717, 1.165) is 6.33 Å². The molecular formula is C19H31N5O14P2. The predicted molar refractivity (Wildman–Crippen MR) is 130 cm³/mol. The molecule has 2 aliphatic heterocycles. The highest BCUT2D eigenvalue weighted by atomic mass is 31.3. The van der Waals surface area contributed by atoms with E-state index in [1.54, 1.807) is 6.92 Å². The van der Waals surface area contributed by atoms with Crippen LogP contribution in [0.4, 0.5) is 5.82 Å². The molecule has 2 fully saturated rings. The molecule has 2 aromatic rings. The number of hydrogen-bond donors (Lipinski definition) is 7. The van der Waals surface area contributed by atoms with E-state index in [4.69, 9.17) is 24.5 Å². The number of hydrogen-bond acceptors (Lipinski definition) is 16. The average Bonchev–Trinajstić information content (AvgIpc) is 3.52. The molecule has 8 N–H and O–H groups in total. The van der Waals surface area contributed by atoms with Gasteiger partial charge in [0.25, 0.3) is 0 Å². The van der Waals surface area contributed by atoms with Gasteiger partial charge >= 0.3 is 15.6 Å². The van der Waals surface area contributed by atoms with Crippen molar-refractivity contribution in [2.24, 2.45) is 0 Å². The van der Waals surface area contributed by atoms with Crippen molar-refractivity contribution < 1.29 is 66.9 Å². The van der Waals surface area contributed by atoms with Crippen LogP contribution in [0.15, 0.2) is 12.7 Å². The first kappa shape index (κ1) is 31.3. The Morgan fingerprint density at radius 1 is 0.975 bits per heavy atom. The van der Waals surface area contributed by atoms with E-state index >= 15 is 0 Å². The number of aliphatic hydroxyl groups is 4. The van der Waals surface area contributed by atoms with Crippen molar-refractivity contribution in [1.29, 1.82) is 0 Å². The van der Waals surface area contributed by atoms with Gasteiger partial charge in [-0.1, -0.05) is 6.92 Å². The van der Waals surface area contributed by atoms with Crippen LogP contribution < -0.4 is 5.73 Å². The second-order valence-electron chi connectivity index (χ2n) is 9.12. The molecule has 0 saturated carbocycles. The van der Waals surface area contributed by atoms with Gasteiger partial charge < -0.3 is 50.2 Å². The number of aromatic nitrogens is 4. The number of phosphoric ester groups is 2. The number of anilines is 1. The summed E-state index contributed by atoms with van der Waals surface area (Å²) in [6.07, 6.45) is -8.76. The highest BCUT2D eigenvalue weighted by molar-refractivity contribution is 7.61. The molecule has 4 rings (SSSR count). The number of fused-ring (bicyclic) bond motifs is 1. The lowest BCUT2D eigenvalue weighted by Crippen LogP contribution is -2.35. The van der Waals surface area contributed by atoms with Crippen LogP contribution in [0.5, 0.6) is 0 Å². The van der Waals surface area contributed by atoms with Crippen LogP contribution in [0.3, 0.4) is 0 Å². The molecule has 2 saturated heterocycles. The molecule has 3 unspecified atom stereocenters. The number of imidazole rings is 1. The van der Waals surface area contributed by atoms with Crippen molar-refractivity contribution in [2.45, 2.75) is 75.5 Å². The molecule has 19 nitrogen and oxygen atoms in total. The molecule has 0 aromatic carbocycles. The summed E-state index contributed by atoms with van der Waals surface area (Å²) in [7, 11) is -10.6. The first-order valence-electron chi connectivity index (χ1n) is 12.0. The first-order chi connectivity index (χ1) is 18.7. The third-order valence-corrected chi connectivity index (χ3v) is 8.87. The van der Waals surface area contributed by atoms with Crippen LogP contribution in [-0.2, 0) is 36.7 Å². The van der Waals surface area contributed by atoms with Crippen molar-refractivity contribution in [3.63, 3.8) is 0 Å². The predicted octanol–water partition coefficient (Wildman–Crippen LogP) is -1.46. The number of phosphoric acid groups is 2. The summed E-state index contributed by atoms with van der Waals surface area (Å²) in [5.74, 6) is 0.0649. The highest BCUT2D eigenvalue weighted by Gasteiger charge is 2.48. The van der Waals surface area contributed by atoms with Gasteiger partial charge in [-0.3, -0.25) is 13.6 Å². The van der Waals surface area contributed by atoms with E-state index in [-0.39, 0.29) is 23.1 Å². The maximum absolute atomic E-state index is 12.3. The Morgan fingerprint density at radius 2 is 1.57 bits per heavy atom. The molecule has 226 valence electrons. The standard InChI is InChI=1S/C19H31N5O14P2/c1-3-8(2)35-19-15(28)13(26)10(37-19)5-34-40(31,32)38-39(29,30)33-4-9-12(25)14(27)18(36-9)24-7-23-11-16(20)21-6-22-17(11)24/h6-10,12-15,18-19,25-28H,3-5H2,1-2H3,(H,29,30)(H,31,32)(H2,20,21,22)/t8?,9-,10-,12-,13-,14-,15-,18-,19-/m1/s1. The summed E-state index contributed by atoms with van der Waals surface area (Å²) < 4.78 is 55.7. The topological polar surface area (TPSA) is 281 Å². The number of ether oxygens (including phenoxy) is 3. The zero-order chi connectivity index (χ0) is 29.4. The summed E-state index contributed by atoms with van der Waals surface area (Å²) in [4.78, 5) is 31.7. The van der Waals surface area contributed by atoms with Crippen LogP contribution in [0, 0.1) is 0 Å². The highest BCUT2D eigenvalue weighted by Crippen LogP contribution is 2.60. The van der Waals surface area contributed by atoms with Crippen LogP contribution in [0.1, 0.15) is 26.5 Å². The van der Waals surface area contributed by atoms with Gasteiger partial charge in [-0.05, 0) is 13.3 Å². The minimum absolute atomic E-state index is 0.0649. The average molecular weight is 615 g/mol. The van der Waals surface area contributed by atoms with Gasteiger partial charge in [0.2, 0.25) is 0 Å². The van der Waals surface area contributed by atoms with Crippen molar-refractivity contribution in [2.75, 3.05) is 18.9 Å².